The molecule has 0 radical (unpaired) electrons. The van der Waals surface area contributed by atoms with Crippen molar-refractivity contribution in [2.75, 3.05) is 20.1 Å². The van der Waals surface area contributed by atoms with Crippen molar-refractivity contribution >= 4 is 11.3 Å². The van der Waals surface area contributed by atoms with E-state index >= 15 is 0 Å². The summed E-state index contributed by atoms with van der Waals surface area (Å²) in [7, 11) is 2.23. The Kier molecular flexibility index (Phi) is 6.78. The average Bonchev–Trinajstić information content (AvgIpc) is 2.76. The second kappa shape index (κ2) is 7.85. The molecule has 98 valence electrons. The van der Waals surface area contributed by atoms with Crippen LogP contribution in [0.3, 0.4) is 0 Å². The van der Waals surface area contributed by atoms with Crippen molar-refractivity contribution in [3.63, 3.8) is 0 Å². The lowest BCUT2D eigenvalue weighted by atomic mass is 10.0. The maximum Gasteiger partial charge on any atom is 0.0244 e. The van der Waals surface area contributed by atoms with E-state index in [2.05, 4.69) is 54.9 Å². The number of likely N-dealkylation sites (N-methyl/N-ethyl adjacent to an activating group) is 1. The molecule has 0 aromatic carbocycles. The van der Waals surface area contributed by atoms with Gasteiger partial charge >= 0.3 is 0 Å². The van der Waals surface area contributed by atoms with Gasteiger partial charge in [-0.15, -0.1) is 0 Å². The number of hydrogen-bond donors (Lipinski definition) is 1. The highest BCUT2D eigenvalue weighted by molar-refractivity contribution is 7.07. The molecule has 1 rings (SSSR count). The van der Waals surface area contributed by atoms with E-state index in [4.69, 9.17) is 0 Å². The van der Waals surface area contributed by atoms with Crippen LogP contribution in [0.25, 0.3) is 0 Å². The monoisotopic (exact) mass is 254 g/mol. The summed E-state index contributed by atoms with van der Waals surface area (Å²) in [5.74, 6) is 0.683. The molecule has 1 heterocycles. The maximum atomic E-state index is 3.54. The SMILES string of the molecule is CCCNCC(C(C)C)N(C)Cc1ccsc1. The number of hydrogen-bond acceptors (Lipinski definition) is 3. The standard InChI is InChI=1S/C14H26N2S/c1-5-7-15-9-14(12(2)3)16(4)10-13-6-8-17-11-13/h6,8,11-12,14-15H,5,7,9-10H2,1-4H3. The fourth-order valence-electron chi connectivity index (χ4n) is 2.12. The smallest absolute Gasteiger partial charge is 0.0244 e. The molecule has 0 bridgehead atoms. The molecule has 1 atom stereocenters. The first-order valence-corrected chi connectivity index (χ1v) is 7.51. The molecule has 3 heteroatoms. The Bertz CT molecular complexity index is 282. The van der Waals surface area contributed by atoms with Crippen LogP contribution in [-0.4, -0.2) is 31.1 Å². The second-order valence-electron chi connectivity index (χ2n) is 5.06. The van der Waals surface area contributed by atoms with Gasteiger partial charge in [0.1, 0.15) is 0 Å². The second-order valence-corrected chi connectivity index (χ2v) is 5.84. The molecular formula is C14H26N2S. The predicted molar refractivity (Wildman–Crippen MR) is 77.6 cm³/mol. The van der Waals surface area contributed by atoms with E-state index in [1.54, 1.807) is 11.3 Å². The Labute approximate surface area is 110 Å². The van der Waals surface area contributed by atoms with Gasteiger partial charge < -0.3 is 5.32 Å². The Morgan fingerprint density at radius 3 is 2.71 bits per heavy atom. The molecule has 2 nitrogen and oxygen atoms in total. The predicted octanol–water partition coefficient (Wildman–Crippen LogP) is 3.20. The minimum absolute atomic E-state index is 0.612. The van der Waals surface area contributed by atoms with E-state index in [0.717, 1.165) is 19.6 Å². The summed E-state index contributed by atoms with van der Waals surface area (Å²) in [4.78, 5) is 2.47. The lowest BCUT2D eigenvalue weighted by molar-refractivity contribution is 0.180. The minimum Gasteiger partial charge on any atom is -0.315 e. The Morgan fingerprint density at radius 1 is 1.41 bits per heavy atom. The quantitative estimate of drug-likeness (QED) is 0.717. The molecule has 1 unspecified atom stereocenters. The van der Waals surface area contributed by atoms with Crippen LogP contribution in [0.2, 0.25) is 0 Å². The molecule has 1 aromatic heterocycles. The molecule has 0 aliphatic rings. The van der Waals surface area contributed by atoms with E-state index in [9.17, 15) is 0 Å². The van der Waals surface area contributed by atoms with Crippen molar-refractivity contribution in [3.8, 4) is 0 Å². The van der Waals surface area contributed by atoms with Crippen LogP contribution in [0, 0.1) is 5.92 Å². The zero-order valence-electron chi connectivity index (χ0n) is 11.6. The first kappa shape index (κ1) is 14.7. The van der Waals surface area contributed by atoms with Gasteiger partial charge in [0.25, 0.3) is 0 Å². The largest absolute Gasteiger partial charge is 0.315 e. The van der Waals surface area contributed by atoms with Gasteiger partial charge in [0.2, 0.25) is 0 Å². The van der Waals surface area contributed by atoms with Gasteiger partial charge in [-0.05, 0) is 48.3 Å². The normalized spacial score (nSPS) is 13.5. The fraction of sp³-hybridized carbons (Fsp3) is 0.714. The molecule has 0 spiro atoms. The Balaban J connectivity index is 2.45. The van der Waals surface area contributed by atoms with Crippen LogP contribution in [0.15, 0.2) is 16.8 Å². The van der Waals surface area contributed by atoms with Crippen molar-refractivity contribution in [2.24, 2.45) is 5.92 Å². The average molecular weight is 254 g/mol. The van der Waals surface area contributed by atoms with E-state index in [0.29, 0.717) is 12.0 Å². The Morgan fingerprint density at radius 2 is 2.18 bits per heavy atom. The van der Waals surface area contributed by atoms with Crippen LogP contribution in [0.1, 0.15) is 32.8 Å². The number of nitrogens with one attached hydrogen (secondary N) is 1. The van der Waals surface area contributed by atoms with Crippen molar-refractivity contribution in [1.29, 1.82) is 0 Å². The molecule has 0 saturated heterocycles. The summed E-state index contributed by atoms with van der Waals surface area (Å²) >= 11 is 1.78. The van der Waals surface area contributed by atoms with Gasteiger partial charge in [0, 0.05) is 19.1 Å². The lowest BCUT2D eigenvalue weighted by Crippen LogP contribution is -2.43. The first-order chi connectivity index (χ1) is 8.15. The van der Waals surface area contributed by atoms with Crippen LogP contribution < -0.4 is 5.32 Å². The van der Waals surface area contributed by atoms with E-state index in [1.807, 2.05) is 0 Å². The molecule has 1 N–H and O–H groups in total. The van der Waals surface area contributed by atoms with Gasteiger partial charge in [-0.25, -0.2) is 0 Å². The highest BCUT2D eigenvalue weighted by Gasteiger charge is 2.18. The fourth-order valence-corrected chi connectivity index (χ4v) is 2.77. The summed E-state index contributed by atoms with van der Waals surface area (Å²) in [5.41, 5.74) is 1.43. The molecule has 0 amide bonds. The number of nitrogens with zero attached hydrogens (tertiary/aromatic N) is 1. The van der Waals surface area contributed by atoms with Crippen molar-refractivity contribution in [3.05, 3.63) is 22.4 Å². The maximum absolute atomic E-state index is 3.54. The Hall–Kier alpha value is -0.380. The topological polar surface area (TPSA) is 15.3 Å². The van der Waals surface area contributed by atoms with Gasteiger partial charge in [0.15, 0.2) is 0 Å². The summed E-state index contributed by atoms with van der Waals surface area (Å²) in [5, 5.41) is 7.94. The third-order valence-corrected chi connectivity index (χ3v) is 3.86. The van der Waals surface area contributed by atoms with Crippen LogP contribution in [0.5, 0.6) is 0 Å². The van der Waals surface area contributed by atoms with E-state index < -0.39 is 0 Å². The molecule has 17 heavy (non-hydrogen) atoms. The van der Waals surface area contributed by atoms with Crippen LogP contribution >= 0.6 is 11.3 Å². The highest BCUT2D eigenvalue weighted by Crippen LogP contribution is 2.14. The third kappa shape index (κ3) is 5.19. The van der Waals surface area contributed by atoms with E-state index in [-0.39, 0.29) is 0 Å². The van der Waals surface area contributed by atoms with Crippen molar-refractivity contribution in [2.45, 2.75) is 39.8 Å². The molecule has 0 fully saturated rings. The van der Waals surface area contributed by atoms with E-state index in [1.165, 1.54) is 12.0 Å². The van der Waals surface area contributed by atoms with Gasteiger partial charge in [-0.2, -0.15) is 11.3 Å². The number of thiophene rings is 1. The summed E-state index contributed by atoms with van der Waals surface area (Å²) in [6.07, 6.45) is 1.21. The molecule has 0 aliphatic heterocycles. The zero-order chi connectivity index (χ0) is 12.7. The van der Waals surface area contributed by atoms with Crippen molar-refractivity contribution in [1.82, 2.24) is 10.2 Å². The van der Waals surface area contributed by atoms with Gasteiger partial charge in [0.05, 0.1) is 0 Å². The zero-order valence-corrected chi connectivity index (χ0v) is 12.4. The minimum atomic E-state index is 0.612. The summed E-state index contributed by atoms with van der Waals surface area (Å²) < 4.78 is 0. The first-order valence-electron chi connectivity index (χ1n) is 6.57. The van der Waals surface area contributed by atoms with Crippen LogP contribution in [0.4, 0.5) is 0 Å². The molecular weight excluding hydrogens is 228 g/mol. The molecule has 0 aliphatic carbocycles. The van der Waals surface area contributed by atoms with Gasteiger partial charge in [-0.3, -0.25) is 4.90 Å². The highest BCUT2D eigenvalue weighted by atomic mass is 32.1. The summed E-state index contributed by atoms with van der Waals surface area (Å²) in [6.45, 7) is 10.1. The molecule has 0 saturated carbocycles. The third-order valence-electron chi connectivity index (χ3n) is 3.13. The van der Waals surface area contributed by atoms with Crippen LogP contribution in [-0.2, 0) is 6.54 Å². The van der Waals surface area contributed by atoms with Crippen molar-refractivity contribution < 1.29 is 0 Å². The molecule has 1 aromatic rings. The van der Waals surface area contributed by atoms with Gasteiger partial charge in [-0.1, -0.05) is 20.8 Å². The number of rotatable bonds is 8. The summed E-state index contributed by atoms with van der Waals surface area (Å²) in [6, 6.07) is 2.83. The lowest BCUT2D eigenvalue weighted by Gasteiger charge is -2.31.